The lowest BCUT2D eigenvalue weighted by molar-refractivity contribution is 0.0563. The van der Waals surface area contributed by atoms with E-state index in [0.29, 0.717) is 5.69 Å². The molecule has 0 saturated carbocycles. The molecule has 1 aliphatic rings. The molecule has 0 aromatic heterocycles. The number of fused-ring (bicyclic) bond motifs is 1. The second-order valence-corrected chi connectivity index (χ2v) is 9.39. The number of allylic oxidation sites excluding steroid dienone is 6. The molecule has 0 N–H and O–H groups in total. The first-order valence-corrected chi connectivity index (χ1v) is 11.3. The molecule has 1 aromatic carbocycles. The van der Waals surface area contributed by atoms with Gasteiger partial charge in [-0.25, -0.2) is 0 Å². The van der Waals surface area contributed by atoms with Gasteiger partial charge in [0.1, 0.15) is 17.0 Å². The number of ether oxygens (including phenoxy) is 1. The van der Waals surface area contributed by atoms with Crippen LogP contribution in [0.25, 0.3) is 0 Å². The van der Waals surface area contributed by atoms with Crippen molar-refractivity contribution in [2.75, 3.05) is 0 Å². The molecule has 3 heteroatoms. The first kappa shape index (κ1) is 24.1. The van der Waals surface area contributed by atoms with Gasteiger partial charge in [0, 0.05) is 0 Å². The quantitative estimate of drug-likeness (QED) is 0.286. The zero-order valence-electron chi connectivity index (χ0n) is 19.8. The highest BCUT2D eigenvalue weighted by atomic mass is 16.5. The topological polar surface area (TPSA) is 38.7 Å². The molecular weight excluding hydrogens is 370 g/mol. The maximum atomic E-state index is 10.9. The maximum Gasteiger partial charge on any atom is 0.126 e. The highest BCUT2D eigenvalue weighted by molar-refractivity contribution is 5.53. The molecule has 3 nitrogen and oxygen atoms in total. The minimum atomic E-state index is -0.147. The molecule has 0 bridgehead atoms. The van der Waals surface area contributed by atoms with Crippen molar-refractivity contribution in [2.24, 2.45) is 5.18 Å². The average molecular weight is 410 g/mol. The number of hydrogen-bond acceptors (Lipinski definition) is 3. The lowest BCUT2D eigenvalue weighted by atomic mass is 9.87. The van der Waals surface area contributed by atoms with Gasteiger partial charge in [0.2, 0.25) is 0 Å². The van der Waals surface area contributed by atoms with Crippen LogP contribution in [0.1, 0.15) is 90.7 Å². The zero-order valence-corrected chi connectivity index (χ0v) is 19.8. The monoisotopic (exact) mass is 409 g/mol. The molecule has 1 unspecified atom stereocenters. The Labute approximate surface area is 183 Å². The van der Waals surface area contributed by atoms with Crippen molar-refractivity contribution < 1.29 is 4.74 Å². The smallest absolute Gasteiger partial charge is 0.126 e. The molecule has 1 atom stereocenters. The number of benzene rings is 1. The summed E-state index contributed by atoms with van der Waals surface area (Å²) in [5, 5.41) is 3.08. The van der Waals surface area contributed by atoms with Crippen LogP contribution in [0.4, 0.5) is 5.69 Å². The van der Waals surface area contributed by atoms with Crippen molar-refractivity contribution in [2.45, 2.75) is 98.5 Å². The van der Waals surface area contributed by atoms with Crippen molar-refractivity contribution in [3.63, 3.8) is 0 Å². The van der Waals surface area contributed by atoms with Crippen molar-refractivity contribution in [1.29, 1.82) is 0 Å². The molecule has 2 rings (SSSR count). The summed E-state index contributed by atoms with van der Waals surface area (Å²) in [4.78, 5) is 10.9. The maximum absolute atomic E-state index is 10.9. The summed E-state index contributed by atoms with van der Waals surface area (Å²) in [5.74, 6) is 0.950. The van der Waals surface area contributed by atoms with Crippen LogP contribution in [0.5, 0.6) is 5.75 Å². The largest absolute Gasteiger partial charge is 0.487 e. The lowest BCUT2D eigenvalue weighted by Gasteiger charge is -2.36. The molecule has 0 aliphatic carbocycles. The molecule has 0 radical (unpaired) electrons. The highest BCUT2D eigenvalue weighted by Crippen LogP contribution is 2.40. The third kappa shape index (κ3) is 7.59. The molecule has 1 aliphatic heterocycles. The van der Waals surface area contributed by atoms with E-state index >= 15 is 0 Å². The van der Waals surface area contributed by atoms with Gasteiger partial charge in [0.25, 0.3) is 0 Å². The summed E-state index contributed by atoms with van der Waals surface area (Å²) in [6, 6.07) is 3.69. The normalized spacial score (nSPS) is 19.1. The van der Waals surface area contributed by atoms with E-state index in [0.717, 1.165) is 68.2 Å². The van der Waals surface area contributed by atoms with E-state index in [2.05, 4.69) is 58.0 Å². The molecule has 0 fully saturated rings. The average Bonchev–Trinajstić information content (AvgIpc) is 2.68. The van der Waals surface area contributed by atoms with E-state index in [1.807, 2.05) is 19.1 Å². The Morgan fingerprint density at radius 2 is 1.67 bits per heavy atom. The molecule has 1 heterocycles. The van der Waals surface area contributed by atoms with Crippen molar-refractivity contribution >= 4 is 5.69 Å². The number of nitrogens with zero attached hydrogens (tertiary/aromatic N) is 1. The SMILES string of the molecule is CC(C)=CCC/C(C)=C/CC/C(C)=C/CCC1(C)CCc2cc(N=O)cc(C)c2O1. The van der Waals surface area contributed by atoms with Crippen LogP contribution in [0, 0.1) is 11.8 Å². The minimum absolute atomic E-state index is 0.147. The van der Waals surface area contributed by atoms with Gasteiger partial charge in [0.05, 0.1) is 0 Å². The number of rotatable bonds is 10. The molecule has 0 saturated heterocycles. The Bertz CT molecular complexity index is 828. The van der Waals surface area contributed by atoms with E-state index in [4.69, 9.17) is 4.74 Å². The summed E-state index contributed by atoms with van der Waals surface area (Å²) in [6.45, 7) is 13.0. The Balaban J connectivity index is 1.82. The highest BCUT2D eigenvalue weighted by Gasteiger charge is 2.32. The van der Waals surface area contributed by atoms with Gasteiger partial charge in [-0.05, 0) is 121 Å². The summed E-state index contributed by atoms with van der Waals surface area (Å²) in [5.41, 5.74) is 6.82. The number of nitroso groups, excluding NO2 is 1. The van der Waals surface area contributed by atoms with E-state index < -0.39 is 0 Å². The number of hydrogen-bond donors (Lipinski definition) is 0. The van der Waals surface area contributed by atoms with Gasteiger partial charge in [-0.3, -0.25) is 0 Å². The van der Waals surface area contributed by atoms with Gasteiger partial charge in [-0.2, -0.15) is 0 Å². The predicted molar refractivity (Wildman–Crippen MR) is 129 cm³/mol. The van der Waals surface area contributed by atoms with Gasteiger partial charge < -0.3 is 4.74 Å². The molecule has 0 spiro atoms. The van der Waals surface area contributed by atoms with Crippen molar-refractivity contribution in [1.82, 2.24) is 0 Å². The fourth-order valence-corrected chi connectivity index (χ4v) is 4.05. The first-order chi connectivity index (χ1) is 14.2. The van der Waals surface area contributed by atoms with Gasteiger partial charge in [-0.15, -0.1) is 4.91 Å². The van der Waals surface area contributed by atoms with Crippen LogP contribution in [-0.4, -0.2) is 5.60 Å². The molecular formula is C27H39NO2. The van der Waals surface area contributed by atoms with Crippen molar-refractivity contribution in [3.05, 3.63) is 63.1 Å². The van der Waals surface area contributed by atoms with Crippen LogP contribution in [0.15, 0.2) is 52.3 Å². The minimum Gasteiger partial charge on any atom is -0.487 e. The molecule has 164 valence electrons. The summed E-state index contributed by atoms with van der Waals surface area (Å²) in [6.07, 6.45) is 15.6. The Kier molecular flexibility index (Phi) is 9.08. The molecule has 0 amide bonds. The van der Waals surface area contributed by atoms with Crippen LogP contribution in [0.2, 0.25) is 0 Å². The Morgan fingerprint density at radius 3 is 2.30 bits per heavy atom. The van der Waals surface area contributed by atoms with E-state index in [1.165, 1.54) is 16.7 Å². The second-order valence-electron chi connectivity index (χ2n) is 9.39. The second kappa shape index (κ2) is 11.3. The van der Waals surface area contributed by atoms with Crippen LogP contribution in [-0.2, 0) is 6.42 Å². The third-order valence-corrected chi connectivity index (χ3v) is 6.00. The van der Waals surface area contributed by atoms with E-state index in [-0.39, 0.29) is 5.60 Å². The summed E-state index contributed by atoms with van der Waals surface area (Å²) >= 11 is 0. The lowest BCUT2D eigenvalue weighted by Crippen LogP contribution is -2.36. The van der Waals surface area contributed by atoms with Gasteiger partial charge in [0.15, 0.2) is 0 Å². The van der Waals surface area contributed by atoms with Crippen molar-refractivity contribution in [3.8, 4) is 5.75 Å². The Morgan fingerprint density at radius 1 is 1.03 bits per heavy atom. The number of aryl methyl sites for hydroxylation is 2. The molecule has 30 heavy (non-hydrogen) atoms. The fourth-order valence-electron chi connectivity index (χ4n) is 4.05. The van der Waals surface area contributed by atoms with Crippen LogP contribution in [0.3, 0.4) is 0 Å². The zero-order chi connectivity index (χ0) is 22.1. The van der Waals surface area contributed by atoms with E-state index in [1.54, 1.807) is 0 Å². The fraction of sp³-hybridized carbons (Fsp3) is 0.556. The summed E-state index contributed by atoms with van der Waals surface area (Å²) in [7, 11) is 0. The first-order valence-electron chi connectivity index (χ1n) is 11.3. The van der Waals surface area contributed by atoms with Crippen LogP contribution >= 0.6 is 0 Å². The summed E-state index contributed by atoms with van der Waals surface area (Å²) < 4.78 is 6.41. The van der Waals surface area contributed by atoms with Crippen LogP contribution < -0.4 is 4.74 Å². The Hall–Kier alpha value is -2.16. The standard InChI is InChI=1S/C27H39NO2/c1-20(2)10-7-11-21(3)12-8-13-22(4)14-9-16-27(6)17-15-24-19-25(28-29)18-23(5)26(24)30-27/h10,12,14,18-19H,7-9,11,13,15-17H2,1-6H3/b21-12+,22-14+. The van der Waals surface area contributed by atoms with Gasteiger partial charge >= 0.3 is 0 Å². The molecule has 1 aromatic rings. The van der Waals surface area contributed by atoms with E-state index in [9.17, 15) is 4.91 Å². The van der Waals surface area contributed by atoms with Gasteiger partial charge in [-0.1, -0.05) is 34.9 Å². The predicted octanol–water partition coefficient (Wildman–Crippen LogP) is 8.68. The third-order valence-electron chi connectivity index (χ3n) is 6.00.